The third kappa shape index (κ3) is 5.01. The molecule has 1 N–H and O–H groups in total. The molecule has 190 valence electrons. The Kier molecular flexibility index (Phi) is 7.77. The normalized spacial score (nSPS) is 19.5. The average Bonchev–Trinajstić information content (AvgIpc) is 2.87. The van der Waals surface area contributed by atoms with Crippen molar-refractivity contribution in [2.75, 3.05) is 20.8 Å². The van der Waals surface area contributed by atoms with Crippen LogP contribution in [0.3, 0.4) is 0 Å². The zero-order valence-corrected chi connectivity index (χ0v) is 21.2. The van der Waals surface area contributed by atoms with Crippen molar-refractivity contribution in [1.29, 1.82) is 0 Å². The fraction of sp³-hybridized carbons (Fsp3) is 0.379. The van der Waals surface area contributed by atoms with Gasteiger partial charge >= 0.3 is 5.97 Å². The lowest BCUT2D eigenvalue weighted by atomic mass is 9.71. The lowest BCUT2D eigenvalue weighted by Gasteiger charge is -2.36. The number of hydrogen-bond donors (Lipinski definition) is 1. The van der Waals surface area contributed by atoms with Crippen molar-refractivity contribution in [3.63, 3.8) is 0 Å². The number of Topliss-reactive ketones (excluding diaryl/α,β-unsaturated/α-hetero) is 1. The molecule has 2 unspecified atom stereocenters. The Morgan fingerprint density at radius 3 is 2.53 bits per heavy atom. The van der Waals surface area contributed by atoms with E-state index in [1.165, 1.54) is 12.1 Å². The van der Waals surface area contributed by atoms with Crippen molar-refractivity contribution in [2.45, 2.75) is 51.4 Å². The van der Waals surface area contributed by atoms with Crippen molar-refractivity contribution in [3.05, 3.63) is 81.9 Å². The van der Waals surface area contributed by atoms with Gasteiger partial charge in [0.1, 0.15) is 5.82 Å². The molecule has 1 heterocycles. The van der Waals surface area contributed by atoms with Crippen LogP contribution in [0.1, 0.15) is 62.5 Å². The van der Waals surface area contributed by atoms with Gasteiger partial charge in [-0.2, -0.15) is 0 Å². The highest BCUT2D eigenvalue weighted by atomic mass is 19.1. The number of unbranched alkanes of at least 4 members (excludes halogenated alkanes) is 1. The molecule has 0 spiro atoms. The number of hydrogen-bond acceptors (Lipinski definition) is 6. The number of carbonyl (C=O) groups is 2. The second-order valence-electron chi connectivity index (χ2n) is 9.18. The number of methoxy groups -OCH3 is 2. The molecule has 2 aliphatic rings. The SMILES string of the molecule is CCCCOC(=O)C1=C(C)NC2=C(C(=O)CC(c3ccc(OC)c(OC)c3)C2)C1c1cccc(F)c1. The van der Waals surface area contributed by atoms with Gasteiger partial charge in [-0.25, -0.2) is 9.18 Å². The highest BCUT2D eigenvalue weighted by molar-refractivity contribution is 6.04. The fourth-order valence-electron chi connectivity index (χ4n) is 5.06. The predicted molar refractivity (Wildman–Crippen MR) is 134 cm³/mol. The summed E-state index contributed by atoms with van der Waals surface area (Å²) < 4.78 is 30.6. The average molecular weight is 494 g/mol. The van der Waals surface area contributed by atoms with Gasteiger partial charge in [-0.05, 0) is 61.1 Å². The van der Waals surface area contributed by atoms with Crippen LogP contribution in [0.25, 0.3) is 0 Å². The van der Waals surface area contributed by atoms with Gasteiger partial charge in [0, 0.05) is 29.3 Å². The zero-order valence-electron chi connectivity index (χ0n) is 21.2. The van der Waals surface area contributed by atoms with Gasteiger partial charge in [-0.1, -0.05) is 31.5 Å². The summed E-state index contributed by atoms with van der Waals surface area (Å²) in [5.41, 5.74) is 3.75. The highest BCUT2D eigenvalue weighted by Crippen LogP contribution is 2.46. The molecule has 0 saturated heterocycles. The highest BCUT2D eigenvalue weighted by Gasteiger charge is 2.41. The van der Waals surface area contributed by atoms with Crippen LogP contribution in [-0.2, 0) is 14.3 Å². The first-order chi connectivity index (χ1) is 17.4. The monoisotopic (exact) mass is 493 g/mol. The molecule has 6 nitrogen and oxygen atoms in total. The largest absolute Gasteiger partial charge is 0.493 e. The molecule has 2 aromatic rings. The summed E-state index contributed by atoms with van der Waals surface area (Å²) in [6, 6.07) is 11.8. The molecule has 0 fully saturated rings. The van der Waals surface area contributed by atoms with Crippen LogP contribution in [0.2, 0.25) is 0 Å². The molecule has 2 aromatic carbocycles. The third-order valence-corrected chi connectivity index (χ3v) is 6.84. The number of allylic oxidation sites excluding steroid dienone is 3. The van der Waals surface area contributed by atoms with Gasteiger partial charge in [-0.3, -0.25) is 4.79 Å². The predicted octanol–water partition coefficient (Wildman–Crippen LogP) is 5.55. The number of nitrogens with one attached hydrogen (secondary N) is 1. The van der Waals surface area contributed by atoms with Gasteiger partial charge < -0.3 is 19.5 Å². The zero-order chi connectivity index (χ0) is 25.8. The van der Waals surface area contributed by atoms with Crippen LogP contribution < -0.4 is 14.8 Å². The lowest BCUT2D eigenvalue weighted by molar-refractivity contribution is -0.139. The van der Waals surface area contributed by atoms with E-state index in [1.807, 2.05) is 25.1 Å². The number of ether oxygens (including phenoxy) is 3. The van der Waals surface area contributed by atoms with Gasteiger partial charge in [-0.15, -0.1) is 0 Å². The van der Waals surface area contributed by atoms with Crippen LogP contribution in [0.5, 0.6) is 11.5 Å². The van der Waals surface area contributed by atoms with Gasteiger partial charge in [0.25, 0.3) is 0 Å². The summed E-state index contributed by atoms with van der Waals surface area (Å²) in [6.45, 7) is 4.11. The van der Waals surface area contributed by atoms with Crippen LogP contribution in [-0.4, -0.2) is 32.6 Å². The summed E-state index contributed by atoms with van der Waals surface area (Å²) in [5.74, 6) is -0.531. The molecule has 2 atom stereocenters. The number of dihydropyridines is 1. The van der Waals surface area contributed by atoms with Gasteiger partial charge in [0.05, 0.1) is 26.4 Å². The molecule has 0 radical (unpaired) electrons. The molecule has 1 aliphatic carbocycles. The quantitative estimate of drug-likeness (QED) is 0.384. The van der Waals surface area contributed by atoms with Crippen molar-refractivity contribution < 1.29 is 28.2 Å². The minimum atomic E-state index is -0.690. The summed E-state index contributed by atoms with van der Waals surface area (Å²) in [7, 11) is 3.16. The van der Waals surface area contributed by atoms with Crippen molar-refractivity contribution >= 4 is 11.8 Å². The Labute approximate surface area is 211 Å². The molecule has 4 rings (SSSR count). The molecule has 0 bridgehead atoms. The van der Waals surface area contributed by atoms with Crippen LogP contribution in [0, 0.1) is 5.82 Å². The first-order valence-electron chi connectivity index (χ1n) is 12.3. The summed E-state index contributed by atoms with van der Waals surface area (Å²) >= 11 is 0. The molecule has 36 heavy (non-hydrogen) atoms. The third-order valence-electron chi connectivity index (χ3n) is 6.84. The Bertz CT molecular complexity index is 1230. The van der Waals surface area contributed by atoms with E-state index in [0.717, 1.165) is 24.1 Å². The van der Waals surface area contributed by atoms with E-state index in [2.05, 4.69) is 5.32 Å². The first-order valence-corrected chi connectivity index (χ1v) is 12.3. The molecule has 0 saturated carbocycles. The second-order valence-corrected chi connectivity index (χ2v) is 9.18. The standard InChI is InChI=1S/C29H32FNO5/c1-5-6-12-36-29(33)26-17(2)31-22-14-20(18-10-11-24(34-3)25(16-18)35-4)15-23(32)28(22)27(26)19-8-7-9-21(30)13-19/h7-11,13,16,20,27,31H,5-6,12,14-15H2,1-4H3. The van der Waals surface area contributed by atoms with E-state index in [1.54, 1.807) is 33.3 Å². The topological polar surface area (TPSA) is 73.9 Å². The van der Waals surface area contributed by atoms with Crippen LogP contribution in [0.4, 0.5) is 4.39 Å². The number of benzene rings is 2. The fourth-order valence-corrected chi connectivity index (χ4v) is 5.06. The Hall–Kier alpha value is -3.61. The second kappa shape index (κ2) is 11.0. The Morgan fingerprint density at radius 1 is 1.06 bits per heavy atom. The smallest absolute Gasteiger partial charge is 0.336 e. The molecular formula is C29H32FNO5. The number of ketones is 1. The maximum atomic E-state index is 14.3. The number of carbonyl (C=O) groups excluding carboxylic acids is 2. The molecule has 0 amide bonds. The number of halogens is 1. The number of rotatable bonds is 8. The minimum Gasteiger partial charge on any atom is -0.493 e. The summed E-state index contributed by atoms with van der Waals surface area (Å²) in [4.78, 5) is 26.8. The maximum Gasteiger partial charge on any atom is 0.336 e. The van der Waals surface area contributed by atoms with E-state index in [-0.39, 0.29) is 18.1 Å². The summed E-state index contributed by atoms with van der Waals surface area (Å²) in [6.07, 6.45) is 2.47. The van der Waals surface area contributed by atoms with Crippen LogP contribution in [0.15, 0.2) is 65.0 Å². The van der Waals surface area contributed by atoms with Crippen molar-refractivity contribution in [3.8, 4) is 11.5 Å². The van der Waals surface area contributed by atoms with Crippen molar-refractivity contribution in [2.24, 2.45) is 0 Å². The maximum absolute atomic E-state index is 14.3. The Balaban J connectivity index is 1.74. The summed E-state index contributed by atoms with van der Waals surface area (Å²) in [5, 5.41) is 3.32. The van der Waals surface area contributed by atoms with Crippen LogP contribution >= 0.6 is 0 Å². The number of esters is 1. The Morgan fingerprint density at radius 2 is 1.83 bits per heavy atom. The van der Waals surface area contributed by atoms with Crippen molar-refractivity contribution in [1.82, 2.24) is 5.32 Å². The molecule has 0 aromatic heterocycles. The minimum absolute atomic E-state index is 0.0795. The van der Waals surface area contributed by atoms with Gasteiger partial charge in [0.15, 0.2) is 17.3 Å². The first kappa shape index (κ1) is 25.5. The van der Waals surface area contributed by atoms with E-state index in [4.69, 9.17) is 14.2 Å². The molecule has 1 aliphatic heterocycles. The van der Waals surface area contributed by atoms with Gasteiger partial charge in [0.2, 0.25) is 0 Å². The van der Waals surface area contributed by atoms with E-state index < -0.39 is 17.7 Å². The van der Waals surface area contributed by atoms with E-state index in [0.29, 0.717) is 46.9 Å². The van der Waals surface area contributed by atoms with E-state index in [9.17, 15) is 14.0 Å². The molecular weight excluding hydrogens is 461 g/mol. The molecule has 7 heteroatoms. The lowest BCUT2D eigenvalue weighted by Crippen LogP contribution is -2.36. The van der Waals surface area contributed by atoms with E-state index >= 15 is 0 Å².